The minimum Gasteiger partial charge on any atom is -0.497 e. The van der Waals surface area contributed by atoms with Crippen molar-refractivity contribution >= 4 is 5.96 Å². The molecule has 2 atom stereocenters. The summed E-state index contributed by atoms with van der Waals surface area (Å²) in [6.07, 6.45) is 0.172. The van der Waals surface area contributed by atoms with E-state index in [4.69, 9.17) is 14.2 Å². The Kier molecular flexibility index (Phi) is 7.81. The predicted molar refractivity (Wildman–Crippen MR) is 99.7 cm³/mol. The number of methoxy groups -OCH3 is 1. The van der Waals surface area contributed by atoms with Crippen LogP contribution in [0.15, 0.2) is 29.3 Å². The monoisotopic (exact) mass is 350 g/mol. The van der Waals surface area contributed by atoms with Crippen molar-refractivity contribution in [2.24, 2.45) is 4.99 Å². The zero-order valence-electron chi connectivity index (χ0n) is 15.6. The van der Waals surface area contributed by atoms with Crippen LogP contribution in [0.4, 0.5) is 0 Å². The molecule has 25 heavy (non-hydrogen) atoms. The zero-order valence-corrected chi connectivity index (χ0v) is 15.6. The first kappa shape index (κ1) is 19.3. The van der Waals surface area contributed by atoms with E-state index >= 15 is 0 Å². The quantitative estimate of drug-likeness (QED) is 0.564. The van der Waals surface area contributed by atoms with Gasteiger partial charge in [-0.1, -0.05) is 6.07 Å². The van der Waals surface area contributed by atoms with E-state index in [0.717, 1.165) is 43.7 Å². The Hall–Kier alpha value is -1.99. The Morgan fingerprint density at radius 1 is 1.40 bits per heavy atom. The average molecular weight is 350 g/mol. The summed E-state index contributed by atoms with van der Waals surface area (Å²) < 4.78 is 16.9. The highest BCUT2D eigenvalue weighted by Crippen LogP contribution is 2.19. The summed E-state index contributed by atoms with van der Waals surface area (Å²) in [7, 11) is 5.52. The van der Waals surface area contributed by atoms with Gasteiger partial charge in [0.1, 0.15) is 17.6 Å². The largest absolute Gasteiger partial charge is 0.497 e. The number of nitrogens with zero attached hydrogens (tertiary/aromatic N) is 2. The molecule has 0 aromatic heterocycles. The molecule has 0 amide bonds. The molecule has 0 saturated carbocycles. The number of aliphatic imine (C=N–C) groups is 1. The molecule has 1 saturated heterocycles. The molecule has 1 aromatic rings. The highest BCUT2D eigenvalue weighted by molar-refractivity contribution is 5.79. The van der Waals surface area contributed by atoms with E-state index in [1.807, 2.05) is 31.2 Å². The van der Waals surface area contributed by atoms with Crippen LogP contribution in [0.5, 0.6) is 11.5 Å². The maximum atomic E-state index is 5.90. The highest BCUT2D eigenvalue weighted by atomic mass is 16.5. The highest BCUT2D eigenvalue weighted by Gasteiger charge is 2.17. The van der Waals surface area contributed by atoms with Gasteiger partial charge in [-0.15, -0.1) is 0 Å². The lowest BCUT2D eigenvalue weighted by molar-refractivity contribution is -0.0161. The van der Waals surface area contributed by atoms with E-state index in [0.29, 0.717) is 6.54 Å². The van der Waals surface area contributed by atoms with Gasteiger partial charge in [0, 0.05) is 32.7 Å². The molecule has 0 spiro atoms. The molecule has 0 aliphatic carbocycles. The number of hydrogen-bond acceptors (Lipinski definition) is 5. The van der Waals surface area contributed by atoms with E-state index in [9.17, 15) is 0 Å². The topological polar surface area (TPSA) is 67.4 Å². The van der Waals surface area contributed by atoms with E-state index in [1.165, 1.54) is 0 Å². The van der Waals surface area contributed by atoms with Crippen molar-refractivity contribution in [2.75, 3.05) is 54.0 Å². The third kappa shape index (κ3) is 6.80. The summed E-state index contributed by atoms with van der Waals surface area (Å²) >= 11 is 0. The molecular formula is C18H30N4O3. The van der Waals surface area contributed by atoms with E-state index in [1.54, 1.807) is 14.2 Å². The second-order valence-corrected chi connectivity index (χ2v) is 6.20. The van der Waals surface area contributed by atoms with Crippen molar-refractivity contribution in [3.05, 3.63) is 24.3 Å². The lowest BCUT2D eigenvalue weighted by atomic mass is 10.3. The van der Waals surface area contributed by atoms with Crippen LogP contribution in [0.1, 0.15) is 6.92 Å². The first-order valence-corrected chi connectivity index (χ1v) is 8.66. The Morgan fingerprint density at radius 2 is 2.20 bits per heavy atom. The average Bonchev–Trinajstić information content (AvgIpc) is 2.62. The molecule has 0 bridgehead atoms. The molecule has 1 aliphatic heterocycles. The van der Waals surface area contributed by atoms with Gasteiger partial charge >= 0.3 is 0 Å². The Labute approximate surface area is 150 Å². The van der Waals surface area contributed by atoms with Crippen molar-refractivity contribution in [3.63, 3.8) is 0 Å². The molecule has 1 fully saturated rings. The second-order valence-electron chi connectivity index (χ2n) is 6.20. The van der Waals surface area contributed by atoms with E-state index in [-0.39, 0.29) is 12.2 Å². The predicted octanol–water partition coefficient (Wildman–Crippen LogP) is 0.958. The number of guanidine groups is 1. The lowest BCUT2D eigenvalue weighted by Gasteiger charge is -2.30. The smallest absolute Gasteiger partial charge is 0.191 e. The van der Waals surface area contributed by atoms with Gasteiger partial charge in [0.05, 0.1) is 26.4 Å². The SMILES string of the molecule is CN=C(NCC(C)Oc1cccc(OC)c1)NCC1CN(C)CCO1. The fourth-order valence-electron chi connectivity index (χ4n) is 2.61. The minimum atomic E-state index is -0.0114. The zero-order chi connectivity index (χ0) is 18.1. The van der Waals surface area contributed by atoms with Crippen LogP contribution in [-0.2, 0) is 4.74 Å². The molecule has 7 heteroatoms. The standard InChI is InChI=1S/C18H30N4O3/c1-14(25-16-7-5-6-15(10-16)23-4)11-20-18(19-2)21-12-17-13-22(3)8-9-24-17/h5-7,10,14,17H,8-9,11-13H2,1-4H3,(H2,19,20,21). The number of morpholine rings is 1. The van der Waals surface area contributed by atoms with Gasteiger partial charge in [0.15, 0.2) is 5.96 Å². The van der Waals surface area contributed by atoms with Crippen molar-refractivity contribution in [2.45, 2.75) is 19.1 Å². The molecule has 2 rings (SSSR count). The van der Waals surface area contributed by atoms with Crippen molar-refractivity contribution in [3.8, 4) is 11.5 Å². The molecule has 140 valence electrons. The number of rotatable bonds is 7. The molecule has 1 aliphatic rings. The summed E-state index contributed by atoms with van der Waals surface area (Å²) in [6.45, 7) is 6.08. The van der Waals surface area contributed by atoms with Gasteiger partial charge in [0.2, 0.25) is 0 Å². The van der Waals surface area contributed by atoms with Crippen LogP contribution in [0, 0.1) is 0 Å². The van der Waals surface area contributed by atoms with E-state index in [2.05, 4.69) is 27.6 Å². The van der Waals surface area contributed by atoms with Crippen LogP contribution in [0.2, 0.25) is 0 Å². The summed E-state index contributed by atoms with van der Waals surface area (Å²) in [5.41, 5.74) is 0. The maximum absolute atomic E-state index is 5.90. The molecule has 1 aromatic carbocycles. The number of ether oxygens (including phenoxy) is 3. The normalized spacial score (nSPS) is 20.0. The van der Waals surface area contributed by atoms with Crippen LogP contribution < -0.4 is 20.1 Å². The van der Waals surface area contributed by atoms with Gasteiger partial charge in [-0.2, -0.15) is 0 Å². The molecule has 2 unspecified atom stereocenters. The Morgan fingerprint density at radius 3 is 2.92 bits per heavy atom. The fraction of sp³-hybridized carbons (Fsp3) is 0.611. The van der Waals surface area contributed by atoms with Crippen LogP contribution in [0.3, 0.4) is 0 Å². The molecule has 1 heterocycles. The lowest BCUT2D eigenvalue weighted by Crippen LogP contribution is -2.49. The molecule has 2 N–H and O–H groups in total. The molecular weight excluding hydrogens is 320 g/mol. The van der Waals surface area contributed by atoms with Crippen LogP contribution in [0.25, 0.3) is 0 Å². The number of nitrogens with one attached hydrogen (secondary N) is 2. The summed E-state index contributed by atoms with van der Waals surface area (Å²) in [6, 6.07) is 7.60. The number of likely N-dealkylation sites (N-methyl/N-ethyl adjacent to an activating group) is 1. The molecule has 0 radical (unpaired) electrons. The minimum absolute atomic E-state index is 0.0114. The summed E-state index contributed by atoms with van der Waals surface area (Å²) in [5.74, 6) is 2.32. The van der Waals surface area contributed by atoms with E-state index < -0.39 is 0 Å². The van der Waals surface area contributed by atoms with Crippen LogP contribution >= 0.6 is 0 Å². The van der Waals surface area contributed by atoms with Crippen molar-refractivity contribution in [1.82, 2.24) is 15.5 Å². The van der Waals surface area contributed by atoms with Gasteiger partial charge in [-0.25, -0.2) is 0 Å². The fourth-order valence-corrected chi connectivity index (χ4v) is 2.61. The van der Waals surface area contributed by atoms with Crippen LogP contribution in [-0.4, -0.2) is 77.1 Å². The number of hydrogen-bond donors (Lipinski definition) is 2. The first-order valence-electron chi connectivity index (χ1n) is 8.66. The summed E-state index contributed by atoms with van der Waals surface area (Å²) in [4.78, 5) is 6.52. The van der Waals surface area contributed by atoms with Gasteiger partial charge in [0.25, 0.3) is 0 Å². The summed E-state index contributed by atoms with van der Waals surface area (Å²) in [5, 5.41) is 6.59. The Balaban J connectivity index is 1.72. The maximum Gasteiger partial charge on any atom is 0.191 e. The number of benzene rings is 1. The van der Waals surface area contributed by atoms with Crippen molar-refractivity contribution < 1.29 is 14.2 Å². The third-order valence-corrected chi connectivity index (χ3v) is 4.00. The third-order valence-electron chi connectivity index (χ3n) is 4.00. The molecule has 7 nitrogen and oxygen atoms in total. The Bertz CT molecular complexity index is 553. The van der Waals surface area contributed by atoms with Gasteiger partial charge in [-0.3, -0.25) is 4.99 Å². The first-order chi connectivity index (χ1) is 12.1. The van der Waals surface area contributed by atoms with Gasteiger partial charge in [-0.05, 0) is 26.1 Å². The van der Waals surface area contributed by atoms with Crippen molar-refractivity contribution in [1.29, 1.82) is 0 Å². The van der Waals surface area contributed by atoms with Gasteiger partial charge < -0.3 is 29.7 Å². The second kappa shape index (κ2) is 10.1.